The zero-order valence-electron chi connectivity index (χ0n) is 9.39. The number of nitriles is 1. The maximum atomic E-state index is 12.1. The minimum Gasteiger partial charge on any atom is -0.274 e. The first-order valence-electron chi connectivity index (χ1n) is 5.31. The van der Waals surface area contributed by atoms with Crippen LogP contribution in [0.1, 0.15) is 19.4 Å². The Labute approximate surface area is 97.2 Å². The molecular formula is C11H10N4O2. The number of nitrogens with one attached hydrogen (secondary N) is 1. The van der Waals surface area contributed by atoms with Crippen LogP contribution in [-0.2, 0) is 9.59 Å². The highest BCUT2D eigenvalue weighted by Crippen LogP contribution is 2.63. The van der Waals surface area contributed by atoms with Crippen molar-refractivity contribution in [3.05, 3.63) is 11.8 Å². The molecule has 1 aromatic rings. The van der Waals surface area contributed by atoms with E-state index < -0.39 is 0 Å². The van der Waals surface area contributed by atoms with E-state index in [1.54, 1.807) is 0 Å². The molecule has 2 atom stereocenters. The zero-order valence-corrected chi connectivity index (χ0v) is 9.39. The molecule has 2 aliphatic rings. The molecule has 0 radical (unpaired) electrons. The fraction of sp³-hybridized carbons (Fsp3) is 0.455. The van der Waals surface area contributed by atoms with E-state index >= 15 is 0 Å². The van der Waals surface area contributed by atoms with Gasteiger partial charge in [-0.3, -0.25) is 14.7 Å². The van der Waals surface area contributed by atoms with Gasteiger partial charge in [0.2, 0.25) is 11.8 Å². The second-order valence-electron chi connectivity index (χ2n) is 5.03. The van der Waals surface area contributed by atoms with Gasteiger partial charge in [-0.1, -0.05) is 13.8 Å². The summed E-state index contributed by atoms with van der Waals surface area (Å²) >= 11 is 0. The highest BCUT2D eigenvalue weighted by molar-refractivity contribution is 6.25. The summed E-state index contributed by atoms with van der Waals surface area (Å²) in [4.78, 5) is 25.2. The molecule has 6 nitrogen and oxygen atoms in total. The molecule has 2 unspecified atom stereocenters. The smallest absolute Gasteiger partial charge is 0.239 e. The van der Waals surface area contributed by atoms with Gasteiger partial charge in [0.05, 0.1) is 18.0 Å². The molecule has 0 aromatic carbocycles. The Bertz CT molecular complexity index is 557. The Kier molecular flexibility index (Phi) is 1.62. The van der Waals surface area contributed by atoms with Crippen molar-refractivity contribution in [2.45, 2.75) is 13.8 Å². The van der Waals surface area contributed by atoms with Crippen molar-refractivity contribution < 1.29 is 9.59 Å². The van der Waals surface area contributed by atoms with Crippen LogP contribution in [0.5, 0.6) is 0 Å². The average molecular weight is 230 g/mol. The number of hydrogen-bond donors (Lipinski definition) is 1. The summed E-state index contributed by atoms with van der Waals surface area (Å²) in [6, 6.07) is 1.90. The van der Waals surface area contributed by atoms with Gasteiger partial charge in [0.1, 0.15) is 11.6 Å². The number of rotatable bonds is 1. The Balaban J connectivity index is 2.02. The number of amides is 2. The van der Waals surface area contributed by atoms with Crippen molar-refractivity contribution in [3.63, 3.8) is 0 Å². The third-order valence-electron chi connectivity index (χ3n) is 3.76. The van der Waals surface area contributed by atoms with Crippen LogP contribution < -0.4 is 4.90 Å². The van der Waals surface area contributed by atoms with Crippen LogP contribution in [0.15, 0.2) is 6.20 Å². The fourth-order valence-corrected chi connectivity index (χ4v) is 2.70. The summed E-state index contributed by atoms with van der Waals surface area (Å²) in [5, 5.41) is 15.1. The van der Waals surface area contributed by atoms with Crippen molar-refractivity contribution in [1.29, 1.82) is 5.26 Å². The van der Waals surface area contributed by atoms with Crippen LogP contribution in [-0.4, -0.2) is 22.0 Å². The number of carbonyl (C=O) groups excluding carboxylic acids is 2. The molecule has 3 rings (SSSR count). The summed E-state index contributed by atoms with van der Waals surface area (Å²) < 4.78 is 0. The number of aromatic amines is 1. The third-order valence-corrected chi connectivity index (χ3v) is 3.76. The minimum absolute atomic E-state index is 0.200. The molecule has 2 fully saturated rings. The van der Waals surface area contributed by atoms with Crippen LogP contribution in [0.3, 0.4) is 0 Å². The molecule has 6 heteroatoms. The van der Waals surface area contributed by atoms with Crippen LogP contribution >= 0.6 is 0 Å². The monoisotopic (exact) mass is 230 g/mol. The fourth-order valence-electron chi connectivity index (χ4n) is 2.70. The van der Waals surface area contributed by atoms with E-state index in [1.807, 2.05) is 19.9 Å². The first kappa shape index (κ1) is 10.0. The van der Waals surface area contributed by atoms with Crippen LogP contribution in [0, 0.1) is 28.6 Å². The Morgan fingerprint density at radius 2 is 2.00 bits per heavy atom. The molecule has 86 valence electrons. The van der Waals surface area contributed by atoms with Crippen molar-refractivity contribution in [1.82, 2.24) is 10.2 Å². The van der Waals surface area contributed by atoms with Crippen LogP contribution in [0.2, 0.25) is 0 Å². The van der Waals surface area contributed by atoms with Gasteiger partial charge in [0.25, 0.3) is 0 Å². The molecule has 0 bridgehead atoms. The molecule has 1 aliphatic heterocycles. The second kappa shape index (κ2) is 2.74. The number of carbonyl (C=O) groups is 2. The highest BCUT2D eigenvalue weighted by atomic mass is 16.2. The average Bonchev–Trinajstić information content (AvgIpc) is 2.63. The molecule has 0 spiro atoms. The highest BCUT2D eigenvalue weighted by Gasteiger charge is 2.73. The first-order valence-corrected chi connectivity index (χ1v) is 5.31. The third kappa shape index (κ3) is 1.01. The molecule has 1 N–H and O–H groups in total. The molecule has 17 heavy (non-hydrogen) atoms. The first-order chi connectivity index (χ1) is 8.00. The van der Waals surface area contributed by atoms with Crippen LogP contribution in [0.25, 0.3) is 0 Å². The second-order valence-corrected chi connectivity index (χ2v) is 5.03. The van der Waals surface area contributed by atoms with Gasteiger partial charge in [-0.25, -0.2) is 4.90 Å². The lowest BCUT2D eigenvalue weighted by molar-refractivity contribution is -0.125. The lowest BCUT2D eigenvalue weighted by Gasteiger charge is -2.18. The predicted octanol–water partition coefficient (Wildman–Crippen LogP) is 0.427. The van der Waals surface area contributed by atoms with Crippen molar-refractivity contribution in [2.24, 2.45) is 17.3 Å². The van der Waals surface area contributed by atoms with Crippen molar-refractivity contribution >= 4 is 17.6 Å². The topological polar surface area (TPSA) is 89.8 Å². The standard InChI is InChI=1S/C11H10N4O2/c1-11(2)6-7(11)10(17)15(9(6)16)8-5(3-12)4-13-14-8/h4,6-7H,1-2H3,(H,13,14). The lowest BCUT2D eigenvalue weighted by Crippen LogP contribution is -2.37. The van der Waals surface area contributed by atoms with Crippen molar-refractivity contribution in [3.8, 4) is 6.07 Å². The van der Waals surface area contributed by atoms with Gasteiger partial charge in [-0.05, 0) is 5.41 Å². The van der Waals surface area contributed by atoms with Crippen molar-refractivity contribution in [2.75, 3.05) is 4.90 Å². The zero-order chi connectivity index (χ0) is 12.4. The Hall–Kier alpha value is -2.16. The van der Waals surface area contributed by atoms with E-state index in [2.05, 4.69) is 10.2 Å². The Morgan fingerprint density at radius 3 is 2.53 bits per heavy atom. The van der Waals surface area contributed by atoms with Gasteiger partial charge in [0.15, 0.2) is 5.82 Å². The van der Waals surface area contributed by atoms with Gasteiger partial charge in [0, 0.05) is 0 Å². The molecule has 1 saturated heterocycles. The summed E-state index contributed by atoms with van der Waals surface area (Å²) in [7, 11) is 0. The van der Waals surface area contributed by atoms with Gasteiger partial charge < -0.3 is 0 Å². The minimum atomic E-state index is -0.246. The van der Waals surface area contributed by atoms with E-state index in [1.165, 1.54) is 6.20 Å². The number of fused-ring (bicyclic) bond motifs is 1. The normalized spacial score (nSPS) is 29.1. The quantitative estimate of drug-likeness (QED) is 0.708. The van der Waals surface area contributed by atoms with E-state index in [0.717, 1.165) is 4.90 Å². The summed E-state index contributed by atoms with van der Waals surface area (Å²) in [5.41, 5.74) is -0.0249. The number of aromatic nitrogens is 2. The summed E-state index contributed by atoms with van der Waals surface area (Å²) in [6.07, 6.45) is 1.31. The van der Waals surface area contributed by atoms with Crippen LogP contribution in [0.4, 0.5) is 5.82 Å². The molecule has 2 heterocycles. The van der Waals surface area contributed by atoms with E-state index in [0.29, 0.717) is 0 Å². The summed E-state index contributed by atoms with van der Waals surface area (Å²) in [6.45, 7) is 3.82. The lowest BCUT2D eigenvalue weighted by atomic mass is 10.1. The van der Waals surface area contributed by atoms with E-state index in [-0.39, 0.29) is 40.4 Å². The van der Waals surface area contributed by atoms with E-state index in [9.17, 15) is 9.59 Å². The number of hydrogen-bond acceptors (Lipinski definition) is 4. The Morgan fingerprint density at radius 1 is 1.41 bits per heavy atom. The molecule has 1 saturated carbocycles. The van der Waals surface area contributed by atoms with E-state index in [4.69, 9.17) is 5.26 Å². The number of piperidine rings is 1. The molecular weight excluding hydrogens is 220 g/mol. The maximum absolute atomic E-state index is 12.1. The van der Waals surface area contributed by atoms with Gasteiger partial charge in [-0.15, -0.1) is 0 Å². The van der Waals surface area contributed by atoms with Gasteiger partial charge >= 0.3 is 0 Å². The van der Waals surface area contributed by atoms with Gasteiger partial charge in [-0.2, -0.15) is 10.4 Å². The molecule has 2 amide bonds. The summed E-state index contributed by atoms with van der Waals surface area (Å²) in [5.74, 6) is -0.753. The predicted molar refractivity (Wildman–Crippen MR) is 56.6 cm³/mol. The molecule has 1 aromatic heterocycles. The largest absolute Gasteiger partial charge is 0.274 e. The number of imide groups is 1. The SMILES string of the molecule is CC1(C)C2C(=O)N(c3[nH]ncc3C#N)C(=O)C21. The number of nitrogens with zero attached hydrogens (tertiary/aromatic N) is 3. The molecule has 1 aliphatic carbocycles. The number of H-pyrrole nitrogens is 1. The maximum Gasteiger partial charge on any atom is 0.239 e. The number of anilines is 1.